The van der Waals surface area contributed by atoms with Crippen LogP contribution in [-0.4, -0.2) is 28.4 Å². The molecule has 3 aromatic rings. The Labute approximate surface area is 141 Å². The number of aromatic nitrogens is 3. The van der Waals surface area contributed by atoms with E-state index in [2.05, 4.69) is 34.0 Å². The predicted octanol–water partition coefficient (Wildman–Crippen LogP) is 3.28. The third kappa shape index (κ3) is 2.47. The van der Waals surface area contributed by atoms with Crippen molar-refractivity contribution in [2.24, 2.45) is 0 Å². The van der Waals surface area contributed by atoms with E-state index in [9.17, 15) is 0 Å². The van der Waals surface area contributed by atoms with E-state index in [4.69, 9.17) is 9.84 Å². The van der Waals surface area contributed by atoms with Crippen LogP contribution in [0.3, 0.4) is 0 Å². The number of pyridine rings is 1. The second-order valence-corrected chi connectivity index (χ2v) is 5.97. The van der Waals surface area contributed by atoms with Crippen LogP contribution in [0.15, 0.2) is 48.8 Å². The number of ether oxygens (including phenoxy) is 1. The van der Waals surface area contributed by atoms with E-state index in [1.54, 1.807) is 7.11 Å². The highest BCUT2D eigenvalue weighted by molar-refractivity contribution is 5.83. The standard InChI is InChI=1S/C19H20N4O/c1-13-19-17(14-7-9-20-10-8-14)18(22-23(19)12-11-21-13)15-3-5-16(24-2)6-4-15/h3-10,13,21H,11-12H2,1-2H3/t13-/m1/s1. The van der Waals surface area contributed by atoms with E-state index in [1.165, 1.54) is 11.3 Å². The summed E-state index contributed by atoms with van der Waals surface area (Å²) in [5.41, 5.74) is 5.67. The number of methoxy groups -OCH3 is 1. The zero-order chi connectivity index (χ0) is 16.5. The maximum Gasteiger partial charge on any atom is 0.118 e. The van der Waals surface area contributed by atoms with E-state index in [0.29, 0.717) is 0 Å². The van der Waals surface area contributed by atoms with Crippen LogP contribution in [0.2, 0.25) is 0 Å². The van der Waals surface area contributed by atoms with Crippen LogP contribution in [0.5, 0.6) is 5.75 Å². The molecule has 1 aromatic carbocycles. The fourth-order valence-corrected chi connectivity index (χ4v) is 3.32. The van der Waals surface area contributed by atoms with E-state index in [-0.39, 0.29) is 6.04 Å². The molecular formula is C19H20N4O. The van der Waals surface area contributed by atoms with E-state index in [0.717, 1.165) is 35.7 Å². The molecule has 1 N–H and O–H groups in total. The van der Waals surface area contributed by atoms with Crippen molar-refractivity contribution in [2.75, 3.05) is 13.7 Å². The quantitative estimate of drug-likeness (QED) is 0.804. The van der Waals surface area contributed by atoms with Crippen LogP contribution >= 0.6 is 0 Å². The van der Waals surface area contributed by atoms with Crippen molar-refractivity contribution in [3.63, 3.8) is 0 Å². The third-order valence-electron chi connectivity index (χ3n) is 4.51. The number of nitrogens with zero attached hydrogens (tertiary/aromatic N) is 3. The molecule has 3 heterocycles. The van der Waals surface area contributed by atoms with Crippen molar-refractivity contribution in [3.05, 3.63) is 54.5 Å². The van der Waals surface area contributed by atoms with Crippen molar-refractivity contribution < 1.29 is 4.74 Å². The molecule has 0 amide bonds. The average molecular weight is 320 g/mol. The van der Waals surface area contributed by atoms with Gasteiger partial charge in [-0.3, -0.25) is 9.67 Å². The highest BCUT2D eigenvalue weighted by atomic mass is 16.5. The summed E-state index contributed by atoms with van der Waals surface area (Å²) >= 11 is 0. The third-order valence-corrected chi connectivity index (χ3v) is 4.51. The Morgan fingerprint density at radius 3 is 2.54 bits per heavy atom. The Balaban J connectivity index is 1.93. The van der Waals surface area contributed by atoms with Crippen molar-refractivity contribution in [1.82, 2.24) is 20.1 Å². The number of hydrogen-bond donors (Lipinski definition) is 1. The molecule has 1 aliphatic rings. The summed E-state index contributed by atoms with van der Waals surface area (Å²) in [6, 6.07) is 12.4. The molecule has 0 spiro atoms. The van der Waals surface area contributed by atoms with Gasteiger partial charge >= 0.3 is 0 Å². The lowest BCUT2D eigenvalue weighted by molar-refractivity contribution is 0.415. The number of hydrogen-bond acceptors (Lipinski definition) is 4. The SMILES string of the molecule is COc1ccc(-c2nn3c(c2-c2ccncc2)[C@@H](C)NCC3)cc1. The number of rotatable bonds is 3. The molecule has 0 radical (unpaired) electrons. The smallest absolute Gasteiger partial charge is 0.118 e. The van der Waals surface area contributed by atoms with Gasteiger partial charge in [-0.15, -0.1) is 0 Å². The Morgan fingerprint density at radius 1 is 1.08 bits per heavy atom. The van der Waals surface area contributed by atoms with Crippen molar-refractivity contribution in [1.29, 1.82) is 0 Å². The van der Waals surface area contributed by atoms with Gasteiger partial charge in [-0.25, -0.2) is 0 Å². The monoisotopic (exact) mass is 320 g/mol. The molecule has 0 unspecified atom stereocenters. The first kappa shape index (κ1) is 14.9. The summed E-state index contributed by atoms with van der Waals surface area (Å²) in [7, 11) is 1.68. The molecule has 1 aliphatic heterocycles. The van der Waals surface area contributed by atoms with Crippen molar-refractivity contribution >= 4 is 0 Å². The van der Waals surface area contributed by atoms with Crippen molar-refractivity contribution in [3.8, 4) is 28.1 Å². The van der Waals surface area contributed by atoms with E-state index < -0.39 is 0 Å². The molecular weight excluding hydrogens is 300 g/mol. The van der Waals surface area contributed by atoms with Crippen LogP contribution < -0.4 is 10.1 Å². The first-order valence-corrected chi connectivity index (χ1v) is 8.17. The molecule has 24 heavy (non-hydrogen) atoms. The minimum atomic E-state index is 0.265. The summed E-state index contributed by atoms with van der Waals surface area (Å²) in [5.74, 6) is 0.850. The number of fused-ring (bicyclic) bond motifs is 1. The number of benzene rings is 1. The fraction of sp³-hybridized carbons (Fsp3) is 0.263. The molecule has 0 aliphatic carbocycles. The lowest BCUT2D eigenvalue weighted by atomic mass is 9.96. The predicted molar refractivity (Wildman–Crippen MR) is 93.9 cm³/mol. The summed E-state index contributed by atoms with van der Waals surface area (Å²) in [4.78, 5) is 4.15. The molecule has 5 heteroatoms. The highest BCUT2D eigenvalue weighted by Gasteiger charge is 2.26. The van der Waals surface area contributed by atoms with Crippen LogP contribution in [0.25, 0.3) is 22.4 Å². The summed E-state index contributed by atoms with van der Waals surface area (Å²) in [5, 5.41) is 8.45. The van der Waals surface area contributed by atoms with Gasteiger partial charge in [-0.2, -0.15) is 5.10 Å². The molecule has 4 rings (SSSR count). The largest absolute Gasteiger partial charge is 0.497 e. The Morgan fingerprint density at radius 2 is 1.83 bits per heavy atom. The summed E-state index contributed by atoms with van der Waals surface area (Å²) in [6.45, 7) is 4.01. The Hall–Kier alpha value is -2.66. The molecule has 2 aromatic heterocycles. The second kappa shape index (κ2) is 6.09. The average Bonchev–Trinajstić information content (AvgIpc) is 3.03. The van der Waals surface area contributed by atoms with Gasteiger partial charge in [-0.1, -0.05) is 0 Å². The minimum absolute atomic E-state index is 0.265. The van der Waals surface area contributed by atoms with Crippen LogP contribution in [-0.2, 0) is 6.54 Å². The maximum absolute atomic E-state index is 5.27. The summed E-state index contributed by atoms with van der Waals surface area (Å²) in [6.07, 6.45) is 3.66. The normalized spacial score (nSPS) is 16.7. The molecule has 5 nitrogen and oxygen atoms in total. The van der Waals surface area contributed by atoms with Gasteiger partial charge in [0, 0.05) is 36.1 Å². The Kier molecular flexibility index (Phi) is 3.78. The van der Waals surface area contributed by atoms with Gasteiger partial charge in [0.2, 0.25) is 0 Å². The molecule has 0 fully saturated rings. The second-order valence-electron chi connectivity index (χ2n) is 5.97. The maximum atomic E-state index is 5.27. The van der Waals surface area contributed by atoms with Gasteiger partial charge in [-0.05, 0) is 48.9 Å². The van der Waals surface area contributed by atoms with Crippen molar-refractivity contribution in [2.45, 2.75) is 19.5 Å². The highest BCUT2D eigenvalue weighted by Crippen LogP contribution is 2.38. The van der Waals surface area contributed by atoms with Gasteiger partial charge in [0.25, 0.3) is 0 Å². The van der Waals surface area contributed by atoms with Gasteiger partial charge in [0.1, 0.15) is 11.4 Å². The van der Waals surface area contributed by atoms with Crippen LogP contribution in [0.4, 0.5) is 0 Å². The molecule has 0 saturated carbocycles. The van der Waals surface area contributed by atoms with Gasteiger partial charge in [0.05, 0.1) is 19.3 Å². The van der Waals surface area contributed by atoms with Crippen LogP contribution in [0.1, 0.15) is 18.7 Å². The molecule has 1 atom stereocenters. The van der Waals surface area contributed by atoms with Gasteiger partial charge < -0.3 is 10.1 Å². The van der Waals surface area contributed by atoms with Gasteiger partial charge in [0.15, 0.2) is 0 Å². The summed E-state index contributed by atoms with van der Waals surface area (Å²) < 4.78 is 7.41. The minimum Gasteiger partial charge on any atom is -0.497 e. The Bertz CT molecular complexity index is 840. The first-order chi connectivity index (χ1) is 11.8. The molecule has 0 bridgehead atoms. The zero-order valence-electron chi connectivity index (χ0n) is 13.9. The van der Waals surface area contributed by atoms with E-state index in [1.807, 2.05) is 36.7 Å². The first-order valence-electron chi connectivity index (χ1n) is 8.17. The fourth-order valence-electron chi connectivity index (χ4n) is 3.32. The van der Waals surface area contributed by atoms with Crippen LogP contribution in [0, 0.1) is 0 Å². The lowest BCUT2D eigenvalue weighted by Gasteiger charge is -2.23. The molecule has 122 valence electrons. The lowest BCUT2D eigenvalue weighted by Crippen LogP contribution is -2.32. The van der Waals surface area contributed by atoms with E-state index >= 15 is 0 Å². The molecule has 0 saturated heterocycles. The topological polar surface area (TPSA) is 52.0 Å². The number of nitrogens with one attached hydrogen (secondary N) is 1. The zero-order valence-corrected chi connectivity index (χ0v) is 13.9.